The van der Waals surface area contributed by atoms with Gasteiger partial charge in [-0.05, 0) is 46.2 Å². The molecule has 0 unspecified atom stereocenters. The molecular formula is C13H20O2. The molecule has 1 aromatic carbocycles. The zero-order valence-corrected chi connectivity index (χ0v) is 10.2. The Morgan fingerprint density at radius 1 is 0.933 bits per heavy atom. The molecule has 0 aliphatic heterocycles. The molecule has 2 nitrogen and oxygen atoms in total. The van der Waals surface area contributed by atoms with Crippen molar-refractivity contribution >= 4 is 0 Å². The predicted octanol–water partition coefficient (Wildman–Crippen LogP) is 3.57. The second kappa shape index (κ2) is 5.06. The number of rotatable bonds is 4. The largest absolute Gasteiger partial charge is 0.487 e. The van der Waals surface area contributed by atoms with E-state index in [9.17, 15) is 0 Å². The van der Waals surface area contributed by atoms with Crippen LogP contribution in [0, 0.1) is 6.92 Å². The predicted molar refractivity (Wildman–Crippen MR) is 62.7 cm³/mol. The van der Waals surface area contributed by atoms with E-state index >= 15 is 0 Å². The van der Waals surface area contributed by atoms with Gasteiger partial charge in [0.2, 0.25) is 0 Å². The molecule has 0 radical (unpaired) electrons. The Morgan fingerprint density at radius 3 is 2.07 bits per heavy atom. The Hall–Kier alpha value is -1.18. The van der Waals surface area contributed by atoms with Crippen molar-refractivity contribution in [2.45, 2.75) is 46.8 Å². The molecule has 0 aliphatic rings. The van der Waals surface area contributed by atoms with E-state index in [1.807, 2.05) is 52.8 Å². The molecule has 0 saturated carbocycles. The van der Waals surface area contributed by atoms with Crippen molar-refractivity contribution in [3.05, 3.63) is 23.8 Å². The first-order valence-corrected chi connectivity index (χ1v) is 5.43. The summed E-state index contributed by atoms with van der Waals surface area (Å²) in [5.41, 5.74) is 1.11. The molecule has 0 saturated heterocycles. The number of para-hydroxylation sites is 1. The van der Waals surface area contributed by atoms with Crippen LogP contribution in [0.1, 0.15) is 33.3 Å². The Bertz CT molecular complexity index is 316. The fraction of sp³-hybridized carbons (Fsp3) is 0.538. The van der Waals surface area contributed by atoms with Crippen LogP contribution >= 0.6 is 0 Å². The number of ether oxygens (including phenoxy) is 2. The van der Waals surface area contributed by atoms with Gasteiger partial charge in [-0.2, -0.15) is 0 Å². The maximum atomic E-state index is 5.75. The summed E-state index contributed by atoms with van der Waals surface area (Å²) in [6.07, 6.45) is 0.335. The molecule has 84 valence electrons. The van der Waals surface area contributed by atoms with Gasteiger partial charge in [0.05, 0.1) is 12.2 Å². The number of aryl methyl sites for hydroxylation is 1. The molecule has 2 heteroatoms. The van der Waals surface area contributed by atoms with E-state index < -0.39 is 0 Å². The highest BCUT2D eigenvalue weighted by molar-refractivity contribution is 5.46. The molecule has 0 heterocycles. The SMILES string of the molecule is Cc1cccc(OC(C)C)c1OC(C)C. The topological polar surface area (TPSA) is 18.5 Å². The van der Waals surface area contributed by atoms with Gasteiger partial charge in [0.1, 0.15) is 0 Å². The molecule has 0 N–H and O–H groups in total. The molecule has 0 aliphatic carbocycles. The first-order chi connectivity index (χ1) is 7.00. The normalized spacial score (nSPS) is 10.9. The second-order valence-corrected chi connectivity index (χ2v) is 4.24. The monoisotopic (exact) mass is 208 g/mol. The fourth-order valence-electron chi connectivity index (χ4n) is 1.36. The van der Waals surface area contributed by atoms with Crippen LogP contribution in [0.25, 0.3) is 0 Å². The van der Waals surface area contributed by atoms with Gasteiger partial charge in [-0.3, -0.25) is 0 Å². The van der Waals surface area contributed by atoms with Gasteiger partial charge in [0.15, 0.2) is 11.5 Å². The van der Waals surface area contributed by atoms with Crippen molar-refractivity contribution in [2.75, 3.05) is 0 Å². The summed E-state index contributed by atoms with van der Waals surface area (Å²) >= 11 is 0. The van der Waals surface area contributed by atoms with E-state index in [4.69, 9.17) is 9.47 Å². The maximum absolute atomic E-state index is 5.75. The zero-order valence-electron chi connectivity index (χ0n) is 10.2. The molecule has 0 bridgehead atoms. The van der Waals surface area contributed by atoms with Gasteiger partial charge < -0.3 is 9.47 Å². The van der Waals surface area contributed by atoms with E-state index in [1.54, 1.807) is 0 Å². The molecule has 0 aromatic heterocycles. The van der Waals surface area contributed by atoms with Crippen molar-refractivity contribution in [3.8, 4) is 11.5 Å². The molecule has 0 fully saturated rings. The first kappa shape index (κ1) is 11.9. The van der Waals surface area contributed by atoms with Crippen LogP contribution in [0.4, 0.5) is 0 Å². The maximum Gasteiger partial charge on any atom is 0.164 e. The van der Waals surface area contributed by atoms with Crippen LogP contribution < -0.4 is 9.47 Å². The molecule has 15 heavy (non-hydrogen) atoms. The molecule has 1 rings (SSSR count). The van der Waals surface area contributed by atoms with E-state index in [-0.39, 0.29) is 12.2 Å². The van der Waals surface area contributed by atoms with Crippen molar-refractivity contribution in [2.24, 2.45) is 0 Å². The highest BCUT2D eigenvalue weighted by atomic mass is 16.5. The lowest BCUT2D eigenvalue weighted by Crippen LogP contribution is -2.11. The summed E-state index contributed by atoms with van der Waals surface area (Å²) in [5.74, 6) is 1.69. The summed E-state index contributed by atoms with van der Waals surface area (Å²) in [5, 5.41) is 0. The molecule has 0 atom stereocenters. The Morgan fingerprint density at radius 2 is 1.53 bits per heavy atom. The van der Waals surface area contributed by atoms with Gasteiger partial charge in [-0.25, -0.2) is 0 Å². The average molecular weight is 208 g/mol. The highest BCUT2D eigenvalue weighted by Gasteiger charge is 2.10. The minimum atomic E-state index is 0.167. The van der Waals surface area contributed by atoms with Gasteiger partial charge in [0.25, 0.3) is 0 Å². The minimum Gasteiger partial charge on any atom is -0.487 e. The van der Waals surface area contributed by atoms with Crippen LogP contribution in [0.2, 0.25) is 0 Å². The number of benzene rings is 1. The van der Waals surface area contributed by atoms with Crippen molar-refractivity contribution in [1.29, 1.82) is 0 Å². The lowest BCUT2D eigenvalue weighted by molar-refractivity contribution is 0.197. The summed E-state index contributed by atoms with van der Waals surface area (Å²) in [6.45, 7) is 10.1. The summed E-state index contributed by atoms with van der Waals surface area (Å²) in [4.78, 5) is 0. The number of hydrogen-bond donors (Lipinski definition) is 0. The first-order valence-electron chi connectivity index (χ1n) is 5.43. The average Bonchev–Trinajstić information content (AvgIpc) is 2.09. The third-order valence-electron chi connectivity index (χ3n) is 1.89. The zero-order chi connectivity index (χ0) is 11.4. The third-order valence-corrected chi connectivity index (χ3v) is 1.89. The number of hydrogen-bond acceptors (Lipinski definition) is 2. The standard InChI is InChI=1S/C13H20O2/c1-9(2)14-12-8-6-7-11(5)13(12)15-10(3)4/h6-10H,1-5H3. The van der Waals surface area contributed by atoms with E-state index in [2.05, 4.69) is 0 Å². The van der Waals surface area contributed by atoms with Crippen molar-refractivity contribution in [1.82, 2.24) is 0 Å². The van der Waals surface area contributed by atoms with E-state index in [0.717, 1.165) is 17.1 Å². The van der Waals surface area contributed by atoms with Gasteiger partial charge >= 0.3 is 0 Å². The lowest BCUT2D eigenvalue weighted by Gasteiger charge is -2.18. The highest BCUT2D eigenvalue weighted by Crippen LogP contribution is 2.32. The van der Waals surface area contributed by atoms with E-state index in [1.165, 1.54) is 0 Å². The van der Waals surface area contributed by atoms with Gasteiger partial charge in [-0.1, -0.05) is 12.1 Å². The van der Waals surface area contributed by atoms with Crippen LogP contribution in [0.15, 0.2) is 18.2 Å². The van der Waals surface area contributed by atoms with Gasteiger partial charge in [-0.15, -0.1) is 0 Å². The Labute approximate surface area is 92.2 Å². The van der Waals surface area contributed by atoms with Crippen LogP contribution in [-0.2, 0) is 0 Å². The molecule has 1 aromatic rings. The van der Waals surface area contributed by atoms with Crippen molar-refractivity contribution in [3.63, 3.8) is 0 Å². The van der Waals surface area contributed by atoms with Gasteiger partial charge in [0, 0.05) is 0 Å². The third kappa shape index (κ3) is 3.46. The Kier molecular flexibility index (Phi) is 4.01. The minimum absolute atomic E-state index is 0.167. The smallest absolute Gasteiger partial charge is 0.164 e. The fourth-order valence-corrected chi connectivity index (χ4v) is 1.36. The molecule has 0 spiro atoms. The molecular weight excluding hydrogens is 188 g/mol. The van der Waals surface area contributed by atoms with Crippen molar-refractivity contribution < 1.29 is 9.47 Å². The summed E-state index contributed by atoms with van der Waals surface area (Å²) in [6, 6.07) is 5.97. The van der Waals surface area contributed by atoms with E-state index in [0.29, 0.717) is 0 Å². The van der Waals surface area contributed by atoms with Crippen LogP contribution in [-0.4, -0.2) is 12.2 Å². The quantitative estimate of drug-likeness (QED) is 0.753. The second-order valence-electron chi connectivity index (χ2n) is 4.24. The lowest BCUT2D eigenvalue weighted by atomic mass is 10.2. The Balaban J connectivity index is 2.97. The van der Waals surface area contributed by atoms with Crippen LogP contribution in [0.5, 0.6) is 11.5 Å². The molecule has 0 amide bonds. The summed E-state index contributed by atoms with van der Waals surface area (Å²) in [7, 11) is 0. The van der Waals surface area contributed by atoms with Crippen LogP contribution in [0.3, 0.4) is 0 Å². The summed E-state index contributed by atoms with van der Waals surface area (Å²) < 4.78 is 11.5.